The average molecular weight is 288 g/mol. The molecule has 0 atom stereocenters. The molecule has 1 aromatic heterocycles. The van der Waals surface area contributed by atoms with E-state index in [1.807, 2.05) is 0 Å². The first-order chi connectivity index (χ1) is 10.1. The number of carboxylic acids is 1. The van der Waals surface area contributed by atoms with Crippen molar-refractivity contribution in [3.8, 4) is 0 Å². The summed E-state index contributed by atoms with van der Waals surface area (Å²) in [5, 5.41) is 11.4. The van der Waals surface area contributed by atoms with Gasteiger partial charge in [-0.05, 0) is 37.0 Å². The van der Waals surface area contributed by atoms with Crippen LogP contribution >= 0.6 is 0 Å². The van der Waals surface area contributed by atoms with Gasteiger partial charge in [0, 0.05) is 12.5 Å². The second-order valence-electron chi connectivity index (χ2n) is 5.38. The molecule has 1 aromatic rings. The molecule has 0 radical (unpaired) electrons. The van der Waals surface area contributed by atoms with Gasteiger partial charge in [-0.3, -0.25) is 4.79 Å². The average Bonchev–Trinajstić information content (AvgIpc) is 2.46. The van der Waals surface area contributed by atoms with Crippen molar-refractivity contribution in [1.29, 1.82) is 0 Å². The summed E-state index contributed by atoms with van der Waals surface area (Å²) in [4.78, 5) is 26.7. The van der Waals surface area contributed by atoms with Crippen molar-refractivity contribution in [1.82, 2.24) is 4.98 Å². The third kappa shape index (κ3) is 5.38. The number of nitrogens with zero attached hydrogens (tertiary/aromatic N) is 1. The van der Waals surface area contributed by atoms with E-state index < -0.39 is 5.97 Å². The van der Waals surface area contributed by atoms with Crippen molar-refractivity contribution in [3.05, 3.63) is 30.0 Å². The zero-order valence-corrected chi connectivity index (χ0v) is 11.9. The lowest BCUT2D eigenvalue weighted by Gasteiger charge is -2.20. The van der Waals surface area contributed by atoms with Gasteiger partial charge in [0.25, 0.3) is 0 Å². The molecule has 0 unspecified atom stereocenters. The number of carbonyl (C=O) groups excluding carboxylic acids is 1. The lowest BCUT2D eigenvalue weighted by molar-refractivity contribution is -0.131. The molecule has 0 saturated heterocycles. The highest BCUT2D eigenvalue weighted by molar-refractivity contribution is 5.90. The fourth-order valence-electron chi connectivity index (χ4n) is 2.62. The summed E-state index contributed by atoms with van der Waals surface area (Å²) in [6.07, 6.45) is 8.92. The van der Waals surface area contributed by atoms with Gasteiger partial charge >= 0.3 is 5.97 Å². The maximum atomic E-state index is 12.0. The number of rotatable bonds is 5. The van der Waals surface area contributed by atoms with Gasteiger partial charge in [-0.15, -0.1) is 0 Å². The van der Waals surface area contributed by atoms with Crippen LogP contribution in [0.1, 0.15) is 44.2 Å². The normalized spacial score (nSPS) is 16.0. The van der Waals surface area contributed by atoms with E-state index in [-0.39, 0.29) is 5.91 Å². The molecule has 1 amide bonds. The van der Waals surface area contributed by atoms with Crippen LogP contribution in [0.15, 0.2) is 24.3 Å². The molecule has 2 N–H and O–H groups in total. The first kappa shape index (κ1) is 15.2. The summed E-state index contributed by atoms with van der Waals surface area (Å²) < 4.78 is 0. The van der Waals surface area contributed by atoms with Crippen molar-refractivity contribution in [2.24, 2.45) is 5.92 Å². The quantitative estimate of drug-likeness (QED) is 0.816. The highest BCUT2D eigenvalue weighted by atomic mass is 16.4. The molecule has 2 rings (SSSR count). The minimum Gasteiger partial charge on any atom is -0.478 e. The van der Waals surface area contributed by atoms with Crippen LogP contribution in [0.2, 0.25) is 0 Å². The van der Waals surface area contributed by atoms with Gasteiger partial charge in [-0.25, -0.2) is 9.78 Å². The van der Waals surface area contributed by atoms with E-state index in [1.54, 1.807) is 18.2 Å². The Morgan fingerprint density at radius 2 is 2.05 bits per heavy atom. The predicted molar refractivity (Wildman–Crippen MR) is 80.7 cm³/mol. The van der Waals surface area contributed by atoms with Gasteiger partial charge in [0.05, 0.1) is 5.69 Å². The molecular weight excluding hydrogens is 268 g/mol. The number of hydrogen-bond donors (Lipinski definition) is 2. The third-order valence-corrected chi connectivity index (χ3v) is 3.63. The number of carbonyl (C=O) groups is 2. The second-order valence-corrected chi connectivity index (χ2v) is 5.38. The number of carboxylic acid groups (broad SMARTS) is 1. The summed E-state index contributed by atoms with van der Waals surface area (Å²) in [6.45, 7) is 0. The van der Waals surface area contributed by atoms with E-state index >= 15 is 0 Å². The number of amides is 1. The molecular formula is C16H20N2O3. The third-order valence-electron chi connectivity index (χ3n) is 3.63. The van der Waals surface area contributed by atoms with Crippen LogP contribution in [-0.4, -0.2) is 22.0 Å². The monoisotopic (exact) mass is 288 g/mol. The number of pyridine rings is 1. The van der Waals surface area contributed by atoms with Gasteiger partial charge in [0.15, 0.2) is 0 Å². The van der Waals surface area contributed by atoms with E-state index in [0.717, 1.165) is 18.9 Å². The fraction of sp³-hybridized carbons (Fsp3) is 0.438. The van der Waals surface area contributed by atoms with Crippen LogP contribution in [0.5, 0.6) is 0 Å². The standard InChI is InChI=1S/C16H20N2O3/c19-15(11-12-5-2-1-3-6-12)18-14-8-4-7-13(17-14)9-10-16(20)21/h4,7-10,12H,1-3,5-6,11H2,(H,20,21)(H,17,18,19). The molecule has 1 saturated carbocycles. The Morgan fingerprint density at radius 1 is 1.29 bits per heavy atom. The Kier molecular flexibility index (Phi) is 5.49. The Balaban J connectivity index is 1.90. The van der Waals surface area contributed by atoms with Crippen LogP contribution < -0.4 is 5.32 Å². The summed E-state index contributed by atoms with van der Waals surface area (Å²) in [5.41, 5.74) is 0.507. The van der Waals surface area contributed by atoms with Gasteiger partial charge in [-0.2, -0.15) is 0 Å². The number of nitrogens with one attached hydrogen (secondary N) is 1. The number of anilines is 1. The summed E-state index contributed by atoms with van der Waals surface area (Å²) in [6, 6.07) is 5.14. The Bertz CT molecular complexity index is 534. The largest absolute Gasteiger partial charge is 0.478 e. The molecule has 1 heterocycles. The molecule has 1 fully saturated rings. The molecule has 5 heteroatoms. The van der Waals surface area contributed by atoms with Crippen LogP contribution in [0, 0.1) is 5.92 Å². The van der Waals surface area contributed by atoms with E-state index in [0.29, 0.717) is 23.9 Å². The molecule has 1 aliphatic rings. The maximum Gasteiger partial charge on any atom is 0.328 e. The molecule has 1 aliphatic carbocycles. The molecule has 112 valence electrons. The van der Waals surface area contributed by atoms with E-state index in [2.05, 4.69) is 10.3 Å². The Hall–Kier alpha value is -2.17. The van der Waals surface area contributed by atoms with Gasteiger partial charge in [-0.1, -0.05) is 25.3 Å². The molecule has 0 aliphatic heterocycles. The van der Waals surface area contributed by atoms with Crippen LogP contribution in [0.4, 0.5) is 5.82 Å². The fourth-order valence-corrected chi connectivity index (χ4v) is 2.62. The van der Waals surface area contributed by atoms with E-state index in [4.69, 9.17) is 5.11 Å². The number of aliphatic carboxylic acids is 1. The maximum absolute atomic E-state index is 12.0. The van der Waals surface area contributed by atoms with Crippen LogP contribution in [0.25, 0.3) is 6.08 Å². The Labute approximate surface area is 124 Å². The highest BCUT2D eigenvalue weighted by Gasteiger charge is 2.17. The molecule has 0 spiro atoms. The Morgan fingerprint density at radius 3 is 2.76 bits per heavy atom. The smallest absolute Gasteiger partial charge is 0.328 e. The first-order valence-electron chi connectivity index (χ1n) is 7.31. The second kappa shape index (κ2) is 7.57. The summed E-state index contributed by atoms with van der Waals surface area (Å²) >= 11 is 0. The molecule has 0 aromatic carbocycles. The first-order valence-corrected chi connectivity index (χ1v) is 7.31. The van der Waals surface area contributed by atoms with E-state index in [9.17, 15) is 9.59 Å². The molecule has 0 bridgehead atoms. The van der Waals surface area contributed by atoms with Crippen molar-refractivity contribution in [2.75, 3.05) is 5.32 Å². The van der Waals surface area contributed by atoms with Crippen LogP contribution in [-0.2, 0) is 9.59 Å². The predicted octanol–water partition coefficient (Wildman–Crippen LogP) is 3.09. The van der Waals surface area contributed by atoms with Gasteiger partial charge < -0.3 is 10.4 Å². The van der Waals surface area contributed by atoms with Crippen molar-refractivity contribution >= 4 is 23.8 Å². The van der Waals surface area contributed by atoms with Gasteiger partial charge in [0.2, 0.25) is 5.91 Å². The van der Waals surface area contributed by atoms with Gasteiger partial charge in [0.1, 0.15) is 5.82 Å². The van der Waals surface area contributed by atoms with Crippen LogP contribution in [0.3, 0.4) is 0 Å². The van der Waals surface area contributed by atoms with Crippen molar-refractivity contribution < 1.29 is 14.7 Å². The molecule has 5 nitrogen and oxygen atoms in total. The topological polar surface area (TPSA) is 79.3 Å². The SMILES string of the molecule is O=C(O)C=Cc1cccc(NC(=O)CC2CCCCC2)n1. The van der Waals surface area contributed by atoms with Crippen molar-refractivity contribution in [2.45, 2.75) is 38.5 Å². The minimum absolute atomic E-state index is 0.0197. The van der Waals surface area contributed by atoms with E-state index in [1.165, 1.54) is 25.3 Å². The minimum atomic E-state index is -1.02. The summed E-state index contributed by atoms with van der Waals surface area (Å²) in [5.74, 6) is -0.102. The zero-order chi connectivity index (χ0) is 15.1. The molecule has 21 heavy (non-hydrogen) atoms. The summed E-state index contributed by atoms with van der Waals surface area (Å²) in [7, 11) is 0. The lowest BCUT2D eigenvalue weighted by Crippen LogP contribution is -2.18. The lowest BCUT2D eigenvalue weighted by atomic mass is 9.87. The zero-order valence-electron chi connectivity index (χ0n) is 11.9. The van der Waals surface area contributed by atoms with Crippen molar-refractivity contribution in [3.63, 3.8) is 0 Å². The number of hydrogen-bond acceptors (Lipinski definition) is 3. The number of aromatic nitrogens is 1. The highest BCUT2D eigenvalue weighted by Crippen LogP contribution is 2.26.